The summed E-state index contributed by atoms with van der Waals surface area (Å²) in [4.78, 5) is 0. The molecule has 6 heteroatoms. The fourth-order valence-corrected chi connectivity index (χ4v) is 2.28. The molecule has 0 aliphatic heterocycles. The molecular weight excluding hydrogens is 303 g/mol. The molecule has 0 saturated carbocycles. The van der Waals surface area contributed by atoms with Crippen LogP contribution in [0.25, 0.3) is 0 Å². The minimum atomic E-state index is -5.59. The van der Waals surface area contributed by atoms with Crippen molar-refractivity contribution in [1.82, 2.24) is 0 Å². The van der Waals surface area contributed by atoms with Gasteiger partial charge in [0, 0.05) is 7.11 Å². The molecule has 0 radical (unpaired) electrons. The van der Waals surface area contributed by atoms with Gasteiger partial charge in [0.1, 0.15) is 0 Å². The summed E-state index contributed by atoms with van der Waals surface area (Å²) in [6, 6.07) is 6.57. The average Bonchev–Trinajstić information content (AvgIpc) is 2.36. The summed E-state index contributed by atoms with van der Waals surface area (Å²) in [6.45, 7) is 5.32. The highest BCUT2D eigenvalue weighted by Crippen LogP contribution is 2.45. The summed E-state index contributed by atoms with van der Waals surface area (Å²) in [7, 11) is 1.13. The highest BCUT2D eigenvalue weighted by Gasteiger charge is 2.60. The second-order valence-electron chi connectivity index (χ2n) is 6.11. The summed E-state index contributed by atoms with van der Waals surface area (Å²) in [5, 5.41) is 0. The van der Waals surface area contributed by atoms with Gasteiger partial charge >= 0.3 is 12.1 Å². The average molecular weight is 324 g/mol. The van der Waals surface area contributed by atoms with Crippen molar-refractivity contribution < 1.29 is 26.7 Å². The fourth-order valence-electron chi connectivity index (χ4n) is 2.28. The Morgan fingerprint density at radius 3 is 1.86 bits per heavy atom. The van der Waals surface area contributed by atoms with Crippen LogP contribution >= 0.6 is 0 Å². The van der Waals surface area contributed by atoms with E-state index in [2.05, 4.69) is 0 Å². The van der Waals surface area contributed by atoms with Gasteiger partial charge in [-0.05, 0) is 30.4 Å². The molecule has 0 spiro atoms. The van der Waals surface area contributed by atoms with Crippen LogP contribution in [-0.4, -0.2) is 19.2 Å². The van der Waals surface area contributed by atoms with Crippen molar-refractivity contribution in [3.05, 3.63) is 35.4 Å². The van der Waals surface area contributed by atoms with Gasteiger partial charge in [0.2, 0.25) is 0 Å². The van der Waals surface area contributed by atoms with Crippen LogP contribution in [0.3, 0.4) is 0 Å². The van der Waals surface area contributed by atoms with Gasteiger partial charge in [-0.3, -0.25) is 0 Å². The second kappa shape index (κ2) is 6.52. The summed E-state index contributed by atoms with van der Waals surface area (Å²) >= 11 is 0. The van der Waals surface area contributed by atoms with E-state index in [4.69, 9.17) is 4.74 Å². The normalized spacial score (nSPS) is 15.9. The maximum Gasteiger partial charge on any atom is 0.453 e. The van der Waals surface area contributed by atoms with Crippen LogP contribution in [0.15, 0.2) is 24.3 Å². The van der Waals surface area contributed by atoms with E-state index in [-0.39, 0.29) is 0 Å². The van der Waals surface area contributed by atoms with Gasteiger partial charge in [-0.1, -0.05) is 38.1 Å². The zero-order valence-electron chi connectivity index (χ0n) is 13.1. The summed E-state index contributed by atoms with van der Waals surface area (Å²) in [5.41, 5.74) is -0.415. The lowest BCUT2D eigenvalue weighted by Gasteiger charge is -2.33. The number of halogens is 5. The fraction of sp³-hybridized carbons (Fsp3) is 0.625. The molecule has 22 heavy (non-hydrogen) atoms. The van der Waals surface area contributed by atoms with Crippen LogP contribution in [0.5, 0.6) is 0 Å². The molecule has 0 N–H and O–H groups in total. The van der Waals surface area contributed by atoms with E-state index < -0.39 is 24.1 Å². The number of hydrogen-bond acceptors (Lipinski definition) is 1. The third-order valence-electron chi connectivity index (χ3n) is 3.63. The van der Waals surface area contributed by atoms with Gasteiger partial charge in [0.05, 0.1) is 12.0 Å². The molecule has 0 aliphatic rings. The highest BCUT2D eigenvalue weighted by atomic mass is 19.4. The predicted molar refractivity (Wildman–Crippen MR) is 75.0 cm³/mol. The summed E-state index contributed by atoms with van der Waals surface area (Å²) in [6.07, 6.45) is -6.24. The SMILES string of the molecule is COC(C)(CC(F)(F)C(F)(F)F)c1ccc(CC(C)C)cc1. The molecule has 0 saturated heterocycles. The number of rotatable bonds is 6. The highest BCUT2D eigenvalue weighted by molar-refractivity contribution is 5.27. The molecule has 1 aromatic rings. The van der Waals surface area contributed by atoms with E-state index in [1.165, 1.54) is 6.92 Å². The molecule has 0 aromatic heterocycles. The Kier molecular flexibility index (Phi) is 5.60. The molecule has 1 atom stereocenters. The number of methoxy groups -OCH3 is 1. The second-order valence-corrected chi connectivity index (χ2v) is 6.11. The zero-order valence-corrected chi connectivity index (χ0v) is 13.1. The molecular formula is C16H21F5O. The monoisotopic (exact) mass is 324 g/mol. The molecule has 0 heterocycles. The minimum Gasteiger partial charge on any atom is -0.374 e. The van der Waals surface area contributed by atoms with Crippen LogP contribution < -0.4 is 0 Å². The van der Waals surface area contributed by atoms with E-state index >= 15 is 0 Å². The summed E-state index contributed by atoms with van der Waals surface area (Å²) in [5.74, 6) is -4.39. The van der Waals surface area contributed by atoms with Crippen molar-refractivity contribution in [2.24, 2.45) is 5.92 Å². The largest absolute Gasteiger partial charge is 0.453 e. The molecule has 0 amide bonds. The Labute approximate surface area is 127 Å². The van der Waals surface area contributed by atoms with E-state index in [0.717, 1.165) is 19.1 Å². The van der Waals surface area contributed by atoms with E-state index in [0.29, 0.717) is 11.5 Å². The Bertz CT molecular complexity index is 478. The topological polar surface area (TPSA) is 9.23 Å². The third kappa shape index (κ3) is 4.41. The Morgan fingerprint density at radius 2 is 1.50 bits per heavy atom. The van der Waals surface area contributed by atoms with Crippen molar-refractivity contribution in [1.29, 1.82) is 0 Å². The lowest BCUT2D eigenvalue weighted by Crippen LogP contribution is -2.43. The maximum atomic E-state index is 13.3. The molecule has 0 bridgehead atoms. The minimum absolute atomic E-state index is 0.298. The maximum absolute atomic E-state index is 13.3. The van der Waals surface area contributed by atoms with Gasteiger partial charge < -0.3 is 4.74 Å². The molecule has 1 rings (SSSR count). The Balaban J connectivity index is 3.03. The van der Waals surface area contributed by atoms with E-state index in [1.807, 2.05) is 13.8 Å². The van der Waals surface area contributed by atoms with Crippen molar-refractivity contribution in [2.45, 2.75) is 51.3 Å². The molecule has 0 fully saturated rings. The lowest BCUT2D eigenvalue weighted by molar-refractivity contribution is -0.298. The lowest BCUT2D eigenvalue weighted by atomic mass is 9.88. The molecule has 1 aromatic carbocycles. The molecule has 0 aliphatic carbocycles. The van der Waals surface area contributed by atoms with Crippen molar-refractivity contribution in [2.75, 3.05) is 7.11 Å². The summed E-state index contributed by atoms with van der Waals surface area (Å²) < 4.78 is 68.9. The number of ether oxygens (including phenoxy) is 1. The Morgan fingerprint density at radius 1 is 1.00 bits per heavy atom. The van der Waals surface area contributed by atoms with E-state index in [9.17, 15) is 22.0 Å². The zero-order chi connectivity index (χ0) is 17.2. The van der Waals surface area contributed by atoms with E-state index in [1.54, 1.807) is 24.3 Å². The van der Waals surface area contributed by atoms with Gasteiger partial charge in [-0.15, -0.1) is 0 Å². The van der Waals surface area contributed by atoms with Gasteiger partial charge in [-0.2, -0.15) is 22.0 Å². The van der Waals surface area contributed by atoms with Gasteiger partial charge in [0.15, 0.2) is 0 Å². The van der Waals surface area contributed by atoms with Crippen LogP contribution in [0.4, 0.5) is 22.0 Å². The van der Waals surface area contributed by atoms with Crippen LogP contribution in [0.2, 0.25) is 0 Å². The molecule has 1 unspecified atom stereocenters. The quantitative estimate of drug-likeness (QED) is 0.642. The number of alkyl halides is 5. The molecule has 126 valence electrons. The van der Waals surface area contributed by atoms with Crippen LogP contribution in [-0.2, 0) is 16.8 Å². The number of hydrogen-bond donors (Lipinski definition) is 0. The molecule has 1 nitrogen and oxygen atoms in total. The number of benzene rings is 1. The van der Waals surface area contributed by atoms with Crippen molar-refractivity contribution >= 4 is 0 Å². The first kappa shape index (κ1) is 18.9. The van der Waals surface area contributed by atoms with Crippen LogP contribution in [0, 0.1) is 5.92 Å². The first-order valence-electron chi connectivity index (χ1n) is 7.00. The van der Waals surface area contributed by atoms with Crippen molar-refractivity contribution in [3.63, 3.8) is 0 Å². The first-order valence-corrected chi connectivity index (χ1v) is 7.00. The Hall–Kier alpha value is -1.17. The van der Waals surface area contributed by atoms with Crippen LogP contribution in [0.1, 0.15) is 38.3 Å². The smallest absolute Gasteiger partial charge is 0.374 e. The van der Waals surface area contributed by atoms with Gasteiger partial charge in [0.25, 0.3) is 0 Å². The first-order chi connectivity index (χ1) is 9.91. The third-order valence-corrected chi connectivity index (χ3v) is 3.63. The van der Waals surface area contributed by atoms with Gasteiger partial charge in [-0.25, -0.2) is 0 Å². The van der Waals surface area contributed by atoms with Crippen molar-refractivity contribution in [3.8, 4) is 0 Å². The predicted octanol–water partition coefficient (Wildman–Crippen LogP) is 5.33. The standard InChI is InChI=1S/C16H21F5O/c1-11(2)9-12-5-7-13(8-6-12)14(3,22-4)10-15(17,18)16(19,20)21/h5-8,11H,9-10H2,1-4H3.